The minimum absolute atomic E-state index is 0.00981. The second kappa shape index (κ2) is 5.78. The van der Waals surface area contributed by atoms with E-state index in [0.717, 1.165) is 16.8 Å². The molecule has 0 fully saturated rings. The van der Waals surface area contributed by atoms with Crippen LogP contribution in [-0.2, 0) is 0 Å². The van der Waals surface area contributed by atoms with Crippen LogP contribution in [0.15, 0.2) is 42.5 Å². The first kappa shape index (κ1) is 14.1. The molecule has 3 nitrogen and oxygen atoms in total. The largest absolute Gasteiger partial charge is 0.399 e. The van der Waals surface area contributed by atoms with Gasteiger partial charge in [0.1, 0.15) is 0 Å². The van der Waals surface area contributed by atoms with E-state index >= 15 is 0 Å². The predicted octanol–water partition coefficient (Wildman–Crippen LogP) is 3.55. The van der Waals surface area contributed by atoms with E-state index in [1.807, 2.05) is 51.1 Å². The number of hydrogen-bond donors (Lipinski definition) is 1. The van der Waals surface area contributed by atoms with Crippen molar-refractivity contribution in [2.45, 2.75) is 20.8 Å². The number of nitrogens with two attached hydrogens (primary N) is 1. The Bertz CT molecular complexity index is 635. The van der Waals surface area contributed by atoms with Gasteiger partial charge in [-0.05, 0) is 62.2 Å². The number of amides is 1. The molecule has 2 rings (SSSR count). The molecule has 0 atom stereocenters. The van der Waals surface area contributed by atoms with Crippen LogP contribution in [0.1, 0.15) is 28.4 Å². The number of hydrogen-bond acceptors (Lipinski definition) is 2. The molecule has 0 aliphatic heterocycles. The van der Waals surface area contributed by atoms with Gasteiger partial charge in [0, 0.05) is 23.5 Å². The molecule has 0 spiro atoms. The Morgan fingerprint density at radius 1 is 1.15 bits per heavy atom. The quantitative estimate of drug-likeness (QED) is 0.865. The third-order valence-electron chi connectivity index (χ3n) is 3.36. The van der Waals surface area contributed by atoms with Gasteiger partial charge in [0.25, 0.3) is 5.91 Å². The predicted molar refractivity (Wildman–Crippen MR) is 84.1 cm³/mol. The molecule has 0 saturated carbocycles. The van der Waals surface area contributed by atoms with E-state index in [9.17, 15) is 4.79 Å². The van der Waals surface area contributed by atoms with Crippen LogP contribution < -0.4 is 10.6 Å². The van der Waals surface area contributed by atoms with Crippen molar-refractivity contribution in [3.05, 3.63) is 59.2 Å². The summed E-state index contributed by atoms with van der Waals surface area (Å²) in [6.45, 7) is 6.54. The fraction of sp³-hybridized carbons (Fsp3) is 0.235. The number of nitrogen functional groups attached to an aromatic ring is 1. The van der Waals surface area contributed by atoms with E-state index in [2.05, 4.69) is 0 Å². The molecule has 0 radical (unpaired) electrons. The molecule has 0 bridgehead atoms. The Morgan fingerprint density at radius 3 is 2.50 bits per heavy atom. The fourth-order valence-electron chi connectivity index (χ4n) is 2.31. The minimum atomic E-state index is 0.00981. The minimum Gasteiger partial charge on any atom is -0.399 e. The highest BCUT2D eigenvalue weighted by Crippen LogP contribution is 2.21. The van der Waals surface area contributed by atoms with Gasteiger partial charge in [-0.15, -0.1) is 0 Å². The molecule has 0 heterocycles. The van der Waals surface area contributed by atoms with Crippen molar-refractivity contribution in [1.29, 1.82) is 0 Å². The summed E-state index contributed by atoms with van der Waals surface area (Å²) in [4.78, 5) is 14.5. The lowest BCUT2D eigenvalue weighted by Gasteiger charge is -2.22. The molecule has 0 saturated heterocycles. The van der Waals surface area contributed by atoms with Gasteiger partial charge in [0.15, 0.2) is 0 Å². The molecule has 0 unspecified atom stereocenters. The number of aryl methyl sites for hydroxylation is 2. The van der Waals surface area contributed by atoms with Crippen molar-refractivity contribution in [1.82, 2.24) is 0 Å². The topological polar surface area (TPSA) is 46.3 Å². The van der Waals surface area contributed by atoms with Crippen LogP contribution in [0, 0.1) is 13.8 Å². The van der Waals surface area contributed by atoms with Crippen molar-refractivity contribution >= 4 is 17.3 Å². The van der Waals surface area contributed by atoms with Gasteiger partial charge < -0.3 is 10.6 Å². The van der Waals surface area contributed by atoms with Crippen LogP contribution in [-0.4, -0.2) is 12.5 Å². The van der Waals surface area contributed by atoms with E-state index in [1.54, 1.807) is 17.0 Å². The molecule has 0 aliphatic carbocycles. The summed E-state index contributed by atoms with van der Waals surface area (Å²) >= 11 is 0. The summed E-state index contributed by atoms with van der Waals surface area (Å²) in [7, 11) is 0. The first-order valence-electron chi connectivity index (χ1n) is 6.77. The molecule has 20 heavy (non-hydrogen) atoms. The second-order valence-electron chi connectivity index (χ2n) is 4.96. The summed E-state index contributed by atoms with van der Waals surface area (Å²) in [6.07, 6.45) is 0. The summed E-state index contributed by atoms with van der Waals surface area (Å²) in [5, 5.41) is 0. The summed E-state index contributed by atoms with van der Waals surface area (Å²) in [5.41, 5.74) is 10.1. The number of carbonyl (C=O) groups is 1. The van der Waals surface area contributed by atoms with Crippen LogP contribution in [0.3, 0.4) is 0 Å². The Hall–Kier alpha value is -2.29. The van der Waals surface area contributed by atoms with Crippen LogP contribution in [0.5, 0.6) is 0 Å². The summed E-state index contributed by atoms with van der Waals surface area (Å²) in [5.74, 6) is 0.00981. The molecule has 1 amide bonds. The van der Waals surface area contributed by atoms with Crippen LogP contribution in [0.25, 0.3) is 0 Å². The molecular formula is C17H20N2O. The molecule has 104 valence electrons. The number of rotatable bonds is 3. The molecular weight excluding hydrogens is 248 g/mol. The third kappa shape index (κ3) is 2.82. The van der Waals surface area contributed by atoms with Crippen molar-refractivity contribution in [3.8, 4) is 0 Å². The highest BCUT2D eigenvalue weighted by Gasteiger charge is 2.17. The maximum absolute atomic E-state index is 12.7. The number of benzene rings is 2. The zero-order valence-electron chi connectivity index (χ0n) is 12.2. The van der Waals surface area contributed by atoms with Crippen LogP contribution in [0.4, 0.5) is 11.4 Å². The molecule has 2 aromatic rings. The maximum Gasteiger partial charge on any atom is 0.258 e. The average molecular weight is 268 g/mol. The normalized spacial score (nSPS) is 10.3. The molecule has 0 aromatic heterocycles. The average Bonchev–Trinajstić information content (AvgIpc) is 2.39. The van der Waals surface area contributed by atoms with Gasteiger partial charge in [-0.25, -0.2) is 0 Å². The molecule has 3 heteroatoms. The number of anilines is 2. The Balaban J connectivity index is 2.39. The van der Waals surface area contributed by atoms with E-state index in [4.69, 9.17) is 5.73 Å². The van der Waals surface area contributed by atoms with Crippen molar-refractivity contribution in [3.63, 3.8) is 0 Å². The van der Waals surface area contributed by atoms with Gasteiger partial charge in [0.05, 0.1) is 0 Å². The van der Waals surface area contributed by atoms with Crippen molar-refractivity contribution < 1.29 is 4.79 Å². The van der Waals surface area contributed by atoms with Crippen molar-refractivity contribution in [2.75, 3.05) is 17.2 Å². The Kier molecular flexibility index (Phi) is 4.08. The molecule has 0 aliphatic rings. The summed E-state index contributed by atoms with van der Waals surface area (Å²) < 4.78 is 0. The zero-order valence-corrected chi connectivity index (χ0v) is 12.2. The van der Waals surface area contributed by atoms with E-state index < -0.39 is 0 Å². The monoisotopic (exact) mass is 268 g/mol. The first-order valence-corrected chi connectivity index (χ1v) is 6.77. The van der Waals surface area contributed by atoms with Gasteiger partial charge >= 0.3 is 0 Å². The molecule has 2 aromatic carbocycles. The smallest absolute Gasteiger partial charge is 0.258 e. The Morgan fingerprint density at radius 2 is 1.90 bits per heavy atom. The molecule has 2 N–H and O–H groups in total. The lowest BCUT2D eigenvalue weighted by Crippen LogP contribution is -2.31. The Labute approximate surface area is 120 Å². The maximum atomic E-state index is 12.7. The van der Waals surface area contributed by atoms with Gasteiger partial charge in [0.2, 0.25) is 0 Å². The van der Waals surface area contributed by atoms with Gasteiger partial charge in [-0.3, -0.25) is 4.79 Å². The second-order valence-corrected chi connectivity index (χ2v) is 4.96. The fourth-order valence-corrected chi connectivity index (χ4v) is 2.31. The van der Waals surface area contributed by atoms with E-state index in [1.165, 1.54) is 0 Å². The summed E-state index contributed by atoms with van der Waals surface area (Å²) in [6, 6.07) is 13.4. The van der Waals surface area contributed by atoms with Crippen LogP contribution in [0.2, 0.25) is 0 Å². The first-order chi connectivity index (χ1) is 9.52. The van der Waals surface area contributed by atoms with Crippen LogP contribution >= 0.6 is 0 Å². The van der Waals surface area contributed by atoms with E-state index in [0.29, 0.717) is 17.8 Å². The highest BCUT2D eigenvalue weighted by atomic mass is 16.2. The van der Waals surface area contributed by atoms with Crippen molar-refractivity contribution in [2.24, 2.45) is 0 Å². The van der Waals surface area contributed by atoms with Gasteiger partial charge in [-0.1, -0.05) is 12.1 Å². The SMILES string of the molecule is CCN(C(=O)c1ccc(N)cc1C)c1cccc(C)c1. The highest BCUT2D eigenvalue weighted by molar-refractivity contribution is 6.07. The van der Waals surface area contributed by atoms with E-state index in [-0.39, 0.29) is 5.91 Å². The van der Waals surface area contributed by atoms with Gasteiger partial charge in [-0.2, -0.15) is 0 Å². The lowest BCUT2D eigenvalue weighted by molar-refractivity contribution is 0.0988. The zero-order chi connectivity index (χ0) is 14.7. The standard InChI is InChI=1S/C17H20N2O/c1-4-19(15-7-5-6-12(2)10-15)17(20)16-9-8-14(18)11-13(16)3/h5-11H,4,18H2,1-3H3. The number of carbonyl (C=O) groups excluding carboxylic acids is 1. The lowest BCUT2D eigenvalue weighted by atomic mass is 10.1. The third-order valence-corrected chi connectivity index (χ3v) is 3.36. The number of nitrogens with zero attached hydrogens (tertiary/aromatic N) is 1.